The molecular weight excluding hydrogens is 258 g/mol. The lowest BCUT2D eigenvalue weighted by Gasteiger charge is -2.32. The Morgan fingerprint density at radius 3 is 2.24 bits per heavy atom. The molecule has 1 aromatic carbocycles. The van der Waals surface area contributed by atoms with Gasteiger partial charge in [-0.05, 0) is 55.7 Å². The van der Waals surface area contributed by atoms with E-state index in [2.05, 4.69) is 56.9 Å². The van der Waals surface area contributed by atoms with Gasteiger partial charge in [-0.15, -0.1) is 0 Å². The molecule has 1 heterocycles. The summed E-state index contributed by atoms with van der Waals surface area (Å²) in [6.07, 6.45) is 4.42. The normalized spacial score (nSPS) is 21.4. The van der Waals surface area contributed by atoms with Crippen molar-refractivity contribution in [1.29, 1.82) is 0 Å². The van der Waals surface area contributed by atoms with Gasteiger partial charge in [0.2, 0.25) is 0 Å². The molecule has 2 atom stereocenters. The Labute approximate surface area is 130 Å². The summed E-state index contributed by atoms with van der Waals surface area (Å²) in [5.74, 6) is 0. The molecule has 0 radical (unpaired) electrons. The second kappa shape index (κ2) is 6.93. The van der Waals surface area contributed by atoms with Crippen LogP contribution in [0.2, 0.25) is 0 Å². The highest BCUT2D eigenvalue weighted by molar-refractivity contribution is 5.25. The molecule has 2 unspecified atom stereocenters. The zero-order valence-electron chi connectivity index (χ0n) is 14.1. The van der Waals surface area contributed by atoms with Crippen LogP contribution in [0.25, 0.3) is 0 Å². The SMILES string of the molecule is CCc1ccc(C(O)C(C)N2CCC(CC)(CC)C2)cc1. The summed E-state index contributed by atoms with van der Waals surface area (Å²) < 4.78 is 0. The minimum Gasteiger partial charge on any atom is -0.387 e. The van der Waals surface area contributed by atoms with Crippen LogP contribution >= 0.6 is 0 Å². The van der Waals surface area contributed by atoms with Crippen molar-refractivity contribution in [2.24, 2.45) is 5.41 Å². The number of aryl methyl sites for hydroxylation is 1. The first-order valence-corrected chi connectivity index (χ1v) is 8.56. The Morgan fingerprint density at radius 2 is 1.76 bits per heavy atom. The van der Waals surface area contributed by atoms with E-state index in [9.17, 15) is 5.11 Å². The number of aliphatic hydroxyl groups excluding tert-OH is 1. The van der Waals surface area contributed by atoms with Gasteiger partial charge in [0.15, 0.2) is 0 Å². The number of hydrogen-bond donors (Lipinski definition) is 1. The Balaban J connectivity index is 2.04. The van der Waals surface area contributed by atoms with Crippen LogP contribution in [0, 0.1) is 5.41 Å². The van der Waals surface area contributed by atoms with E-state index in [0.29, 0.717) is 5.41 Å². The van der Waals surface area contributed by atoms with Gasteiger partial charge in [-0.2, -0.15) is 0 Å². The van der Waals surface area contributed by atoms with Crippen molar-refractivity contribution in [3.05, 3.63) is 35.4 Å². The van der Waals surface area contributed by atoms with Gasteiger partial charge in [0, 0.05) is 12.6 Å². The molecule has 1 aliphatic heterocycles. The van der Waals surface area contributed by atoms with Crippen molar-refractivity contribution in [2.75, 3.05) is 13.1 Å². The summed E-state index contributed by atoms with van der Waals surface area (Å²) in [7, 11) is 0. The molecule has 0 aliphatic carbocycles. The van der Waals surface area contributed by atoms with E-state index in [1.807, 2.05) is 0 Å². The maximum atomic E-state index is 10.7. The van der Waals surface area contributed by atoms with Gasteiger partial charge in [-0.25, -0.2) is 0 Å². The minimum atomic E-state index is -0.389. The molecule has 2 heteroatoms. The zero-order chi connectivity index (χ0) is 15.5. The molecule has 1 aliphatic rings. The van der Waals surface area contributed by atoms with Crippen molar-refractivity contribution in [2.45, 2.75) is 65.5 Å². The van der Waals surface area contributed by atoms with Crippen LogP contribution in [0.3, 0.4) is 0 Å². The highest BCUT2D eigenvalue weighted by Crippen LogP contribution is 2.39. The predicted octanol–water partition coefficient (Wildman–Crippen LogP) is 4.18. The van der Waals surface area contributed by atoms with Gasteiger partial charge in [-0.3, -0.25) is 4.90 Å². The first-order valence-electron chi connectivity index (χ1n) is 8.56. The van der Waals surface area contributed by atoms with Crippen LogP contribution in [0.5, 0.6) is 0 Å². The summed E-state index contributed by atoms with van der Waals surface area (Å²) in [4.78, 5) is 2.48. The van der Waals surface area contributed by atoms with Crippen molar-refractivity contribution < 1.29 is 5.11 Å². The molecule has 1 aromatic rings. The highest BCUT2D eigenvalue weighted by Gasteiger charge is 2.38. The highest BCUT2D eigenvalue weighted by atomic mass is 16.3. The van der Waals surface area contributed by atoms with E-state index in [0.717, 1.165) is 25.1 Å². The molecular formula is C19H31NO. The van der Waals surface area contributed by atoms with E-state index in [4.69, 9.17) is 0 Å². The molecule has 2 rings (SSSR count). The Hall–Kier alpha value is -0.860. The first kappa shape index (κ1) is 16.5. The fourth-order valence-electron chi connectivity index (χ4n) is 3.57. The van der Waals surface area contributed by atoms with Crippen LogP contribution in [-0.4, -0.2) is 29.1 Å². The molecule has 0 amide bonds. The van der Waals surface area contributed by atoms with Crippen LogP contribution < -0.4 is 0 Å². The van der Waals surface area contributed by atoms with E-state index < -0.39 is 0 Å². The molecule has 1 fully saturated rings. The number of benzene rings is 1. The third-order valence-electron chi connectivity index (χ3n) is 5.73. The quantitative estimate of drug-likeness (QED) is 0.849. The number of rotatable bonds is 6. The van der Waals surface area contributed by atoms with Crippen molar-refractivity contribution in [1.82, 2.24) is 4.90 Å². The van der Waals surface area contributed by atoms with E-state index >= 15 is 0 Å². The number of aliphatic hydroxyl groups is 1. The van der Waals surface area contributed by atoms with Crippen LogP contribution in [0.15, 0.2) is 24.3 Å². The summed E-state index contributed by atoms with van der Waals surface area (Å²) in [6.45, 7) is 11.2. The van der Waals surface area contributed by atoms with Crippen molar-refractivity contribution in [3.63, 3.8) is 0 Å². The zero-order valence-corrected chi connectivity index (χ0v) is 14.1. The number of likely N-dealkylation sites (tertiary alicyclic amines) is 1. The molecule has 118 valence electrons. The summed E-state index contributed by atoms with van der Waals surface area (Å²) in [5, 5.41) is 10.7. The molecule has 0 spiro atoms. The lowest BCUT2D eigenvalue weighted by atomic mass is 9.82. The minimum absolute atomic E-state index is 0.192. The van der Waals surface area contributed by atoms with Crippen LogP contribution in [0.1, 0.15) is 64.2 Å². The maximum Gasteiger partial charge on any atom is 0.0942 e. The molecule has 0 bridgehead atoms. The Bertz CT molecular complexity index is 435. The smallest absolute Gasteiger partial charge is 0.0942 e. The third-order valence-corrected chi connectivity index (χ3v) is 5.73. The second-order valence-electron chi connectivity index (χ2n) is 6.71. The first-order chi connectivity index (χ1) is 10.0. The summed E-state index contributed by atoms with van der Waals surface area (Å²) in [5.41, 5.74) is 2.85. The average Bonchev–Trinajstić information content (AvgIpc) is 2.98. The van der Waals surface area contributed by atoms with Gasteiger partial charge in [0.25, 0.3) is 0 Å². The van der Waals surface area contributed by atoms with Gasteiger partial charge < -0.3 is 5.11 Å². The van der Waals surface area contributed by atoms with Gasteiger partial charge in [0.1, 0.15) is 0 Å². The van der Waals surface area contributed by atoms with E-state index in [-0.39, 0.29) is 12.1 Å². The third kappa shape index (κ3) is 3.49. The van der Waals surface area contributed by atoms with Gasteiger partial charge in [-0.1, -0.05) is 45.0 Å². The number of hydrogen-bond acceptors (Lipinski definition) is 2. The van der Waals surface area contributed by atoms with Crippen LogP contribution in [0.4, 0.5) is 0 Å². The van der Waals surface area contributed by atoms with Crippen LogP contribution in [-0.2, 0) is 6.42 Å². The molecule has 1 N–H and O–H groups in total. The fraction of sp³-hybridized carbons (Fsp3) is 0.684. The molecule has 2 nitrogen and oxygen atoms in total. The molecule has 21 heavy (non-hydrogen) atoms. The second-order valence-corrected chi connectivity index (χ2v) is 6.71. The average molecular weight is 289 g/mol. The number of nitrogens with zero attached hydrogens (tertiary/aromatic N) is 1. The largest absolute Gasteiger partial charge is 0.387 e. The molecule has 0 aromatic heterocycles. The predicted molar refractivity (Wildman–Crippen MR) is 89.4 cm³/mol. The topological polar surface area (TPSA) is 23.5 Å². The molecule has 1 saturated heterocycles. The van der Waals surface area contributed by atoms with Crippen molar-refractivity contribution >= 4 is 0 Å². The van der Waals surface area contributed by atoms with E-state index in [1.165, 1.54) is 24.8 Å². The Morgan fingerprint density at radius 1 is 1.14 bits per heavy atom. The monoisotopic (exact) mass is 289 g/mol. The maximum absolute atomic E-state index is 10.7. The van der Waals surface area contributed by atoms with E-state index in [1.54, 1.807) is 0 Å². The Kier molecular flexibility index (Phi) is 5.45. The lowest BCUT2D eigenvalue weighted by molar-refractivity contribution is 0.0634. The standard InChI is InChI=1S/C19H31NO/c1-5-16-8-10-17(11-9-16)18(21)15(4)20-13-12-19(6-2,7-3)14-20/h8-11,15,18,21H,5-7,12-14H2,1-4H3. The summed E-state index contributed by atoms with van der Waals surface area (Å²) in [6, 6.07) is 8.64. The molecule has 0 saturated carbocycles. The lowest BCUT2D eigenvalue weighted by Crippen LogP contribution is -2.37. The fourth-order valence-corrected chi connectivity index (χ4v) is 3.57. The van der Waals surface area contributed by atoms with Gasteiger partial charge in [0.05, 0.1) is 6.10 Å². The summed E-state index contributed by atoms with van der Waals surface area (Å²) >= 11 is 0. The van der Waals surface area contributed by atoms with Crippen molar-refractivity contribution in [3.8, 4) is 0 Å². The van der Waals surface area contributed by atoms with Gasteiger partial charge >= 0.3 is 0 Å².